The number of rotatable bonds is 3. The molecule has 3 heteroatoms. The van der Waals surface area contributed by atoms with E-state index in [9.17, 15) is 0 Å². The van der Waals surface area contributed by atoms with Crippen LogP contribution in [0.5, 0.6) is 5.75 Å². The average molecular weight is 266 g/mol. The zero-order chi connectivity index (χ0) is 12.8. The van der Waals surface area contributed by atoms with Crippen molar-refractivity contribution < 1.29 is 4.74 Å². The van der Waals surface area contributed by atoms with Gasteiger partial charge >= 0.3 is 0 Å². The van der Waals surface area contributed by atoms with Crippen molar-refractivity contribution in [3.63, 3.8) is 0 Å². The maximum Gasteiger partial charge on any atom is 0.141 e. The third-order valence-corrected chi connectivity index (χ3v) is 4.82. The van der Waals surface area contributed by atoms with Crippen molar-refractivity contribution in [1.82, 2.24) is 0 Å². The minimum absolute atomic E-state index is 0.150. The maximum atomic E-state index is 6.39. The van der Waals surface area contributed by atoms with Crippen LogP contribution in [0.25, 0.3) is 0 Å². The average Bonchev–Trinajstić information content (AvgIpc) is 3.18. The van der Waals surface area contributed by atoms with Gasteiger partial charge in [0.25, 0.3) is 0 Å². The molecule has 2 N–H and O–H groups in total. The maximum absolute atomic E-state index is 6.39. The Hall–Kier alpha value is -0.730. The Bertz CT molecular complexity index is 480. The lowest BCUT2D eigenvalue weighted by Gasteiger charge is -2.27. The molecular weight excluding hydrogens is 246 g/mol. The monoisotopic (exact) mass is 265 g/mol. The van der Waals surface area contributed by atoms with Gasteiger partial charge < -0.3 is 10.5 Å². The second kappa shape index (κ2) is 4.43. The van der Waals surface area contributed by atoms with E-state index < -0.39 is 0 Å². The van der Waals surface area contributed by atoms with Crippen molar-refractivity contribution in [3.05, 3.63) is 27.8 Å². The molecule has 2 nitrogen and oxygen atoms in total. The van der Waals surface area contributed by atoms with Crippen LogP contribution in [0.3, 0.4) is 0 Å². The van der Waals surface area contributed by atoms with E-state index in [2.05, 4.69) is 6.07 Å². The predicted octanol–water partition coefficient (Wildman–Crippen LogP) is 3.22. The molecule has 1 saturated carbocycles. The first-order chi connectivity index (χ1) is 8.72. The molecule has 1 aromatic carbocycles. The first-order valence-corrected chi connectivity index (χ1v) is 7.18. The number of halogens is 1. The molecule has 0 aliphatic heterocycles. The zero-order valence-corrected chi connectivity index (χ0v) is 11.6. The lowest BCUT2D eigenvalue weighted by molar-refractivity contribution is 0.402. The Morgan fingerprint density at radius 1 is 1.33 bits per heavy atom. The SMILES string of the molecule is COc1c(Cl)cc2c(c1C1(CN)CC1)CCCC2. The molecule has 1 aromatic rings. The van der Waals surface area contributed by atoms with Crippen LogP contribution in [0, 0.1) is 0 Å². The van der Waals surface area contributed by atoms with Gasteiger partial charge in [0.15, 0.2) is 0 Å². The normalized spacial score (nSPS) is 20.4. The molecular formula is C15H20ClNO. The summed E-state index contributed by atoms with van der Waals surface area (Å²) in [6, 6.07) is 2.10. The van der Waals surface area contributed by atoms with Gasteiger partial charge in [-0.15, -0.1) is 0 Å². The van der Waals surface area contributed by atoms with Crippen LogP contribution in [0.4, 0.5) is 0 Å². The first-order valence-electron chi connectivity index (χ1n) is 6.80. The summed E-state index contributed by atoms with van der Waals surface area (Å²) in [6.07, 6.45) is 7.18. The molecule has 0 amide bonds. The lowest BCUT2D eigenvalue weighted by Crippen LogP contribution is -2.24. The molecule has 0 spiro atoms. The second-order valence-electron chi connectivity index (χ2n) is 5.60. The number of benzene rings is 1. The summed E-state index contributed by atoms with van der Waals surface area (Å²) in [4.78, 5) is 0. The predicted molar refractivity (Wildman–Crippen MR) is 74.6 cm³/mol. The first kappa shape index (κ1) is 12.3. The Morgan fingerprint density at radius 2 is 2.06 bits per heavy atom. The van der Waals surface area contributed by atoms with Crippen LogP contribution in [-0.4, -0.2) is 13.7 Å². The Balaban J connectivity index is 2.22. The highest BCUT2D eigenvalue weighted by molar-refractivity contribution is 6.32. The van der Waals surface area contributed by atoms with Crippen LogP contribution in [0.15, 0.2) is 6.07 Å². The molecule has 2 aliphatic carbocycles. The van der Waals surface area contributed by atoms with E-state index in [0.717, 1.165) is 23.6 Å². The number of hydrogen-bond donors (Lipinski definition) is 1. The molecule has 0 bridgehead atoms. The van der Waals surface area contributed by atoms with Crippen molar-refractivity contribution in [3.8, 4) is 5.75 Å². The van der Waals surface area contributed by atoms with E-state index in [-0.39, 0.29) is 5.41 Å². The highest BCUT2D eigenvalue weighted by Gasteiger charge is 2.47. The van der Waals surface area contributed by atoms with Crippen LogP contribution >= 0.6 is 11.6 Å². The lowest BCUT2D eigenvalue weighted by atomic mass is 9.81. The molecule has 0 aromatic heterocycles. The topological polar surface area (TPSA) is 35.2 Å². The molecule has 18 heavy (non-hydrogen) atoms. The molecule has 0 radical (unpaired) electrons. The zero-order valence-electron chi connectivity index (χ0n) is 10.9. The number of methoxy groups -OCH3 is 1. The number of aryl methyl sites for hydroxylation is 1. The summed E-state index contributed by atoms with van der Waals surface area (Å²) in [7, 11) is 1.71. The summed E-state index contributed by atoms with van der Waals surface area (Å²) >= 11 is 6.39. The molecule has 0 saturated heterocycles. The van der Waals surface area contributed by atoms with E-state index in [1.165, 1.54) is 42.4 Å². The minimum Gasteiger partial charge on any atom is -0.495 e. The van der Waals surface area contributed by atoms with E-state index in [4.69, 9.17) is 22.1 Å². The van der Waals surface area contributed by atoms with Gasteiger partial charge in [-0.05, 0) is 55.7 Å². The quantitative estimate of drug-likeness (QED) is 0.911. The summed E-state index contributed by atoms with van der Waals surface area (Å²) in [5.41, 5.74) is 10.4. The largest absolute Gasteiger partial charge is 0.495 e. The van der Waals surface area contributed by atoms with Gasteiger partial charge in [-0.3, -0.25) is 0 Å². The van der Waals surface area contributed by atoms with Crippen LogP contribution in [0.1, 0.15) is 42.4 Å². The van der Waals surface area contributed by atoms with Crippen LogP contribution in [0.2, 0.25) is 5.02 Å². The van der Waals surface area contributed by atoms with Gasteiger partial charge in [0.1, 0.15) is 5.75 Å². The van der Waals surface area contributed by atoms with Gasteiger partial charge in [-0.2, -0.15) is 0 Å². The molecule has 98 valence electrons. The minimum atomic E-state index is 0.150. The summed E-state index contributed by atoms with van der Waals surface area (Å²) in [6.45, 7) is 0.705. The Labute approximate surface area is 113 Å². The molecule has 1 fully saturated rings. The third-order valence-electron chi connectivity index (χ3n) is 4.54. The van der Waals surface area contributed by atoms with Gasteiger partial charge in [0.2, 0.25) is 0 Å². The summed E-state index contributed by atoms with van der Waals surface area (Å²) in [5.74, 6) is 0.875. The smallest absolute Gasteiger partial charge is 0.141 e. The molecule has 0 heterocycles. The van der Waals surface area contributed by atoms with Gasteiger partial charge in [-0.1, -0.05) is 11.6 Å². The Morgan fingerprint density at radius 3 is 2.67 bits per heavy atom. The van der Waals surface area contributed by atoms with E-state index in [0.29, 0.717) is 6.54 Å². The van der Waals surface area contributed by atoms with Crippen molar-refractivity contribution in [2.75, 3.05) is 13.7 Å². The van der Waals surface area contributed by atoms with Crippen LogP contribution < -0.4 is 10.5 Å². The second-order valence-corrected chi connectivity index (χ2v) is 6.00. The van der Waals surface area contributed by atoms with Gasteiger partial charge in [0, 0.05) is 17.5 Å². The number of nitrogens with two attached hydrogens (primary N) is 1. The fourth-order valence-corrected chi connectivity index (χ4v) is 3.62. The number of fused-ring (bicyclic) bond motifs is 1. The van der Waals surface area contributed by atoms with Crippen LogP contribution in [-0.2, 0) is 18.3 Å². The van der Waals surface area contributed by atoms with E-state index in [1.54, 1.807) is 7.11 Å². The van der Waals surface area contributed by atoms with Gasteiger partial charge in [0.05, 0.1) is 12.1 Å². The number of ether oxygens (including phenoxy) is 1. The molecule has 0 atom stereocenters. The fourth-order valence-electron chi connectivity index (χ4n) is 3.32. The van der Waals surface area contributed by atoms with Crippen molar-refractivity contribution in [2.24, 2.45) is 5.73 Å². The van der Waals surface area contributed by atoms with E-state index >= 15 is 0 Å². The van der Waals surface area contributed by atoms with Gasteiger partial charge in [-0.25, -0.2) is 0 Å². The summed E-state index contributed by atoms with van der Waals surface area (Å²) < 4.78 is 5.58. The summed E-state index contributed by atoms with van der Waals surface area (Å²) in [5, 5.41) is 0.757. The third kappa shape index (κ3) is 1.74. The highest BCUT2D eigenvalue weighted by Crippen LogP contribution is 2.54. The molecule has 2 aliphatic rings. The highest BCUT2D eigenvalue weighted by atomic mass is 35.5. The van der Waals surface area contributed by atoms with Crippen molar-refractivity contribution in [1.29, 1.82) is 0 Å². The van der Waals surface area contributed by atoms with E-state index in [1.807, 2.05) is 0 Å². The Kier molecular flexibility index (Phi) is 3.03. The molecule has 0 unspecified atom stereocenters. The van der Waals surface area contributed by atoms with Crippen molar-refractivity contribution in [2.45, 2.75) is 43.9 Å². The standard InChI is InChI=1S/C15H20ClNO/c1-18-14-12(16)8-10-4-2-3-5-11(10)13(14)15(9-17)6-7-15/h8H,2-7,9,17H2,1H3. The number of hydrogen-bond acceptors (Lipinski definition) is 2. The van der Waals surface area contributed by atoms with Crippen molar-refractivity contribution >= 4 is 11.6 Å². The molecule has 3 rings (SSSR count). The fraction of sp³-hybridized carbons (Fsp3) is 0.600.